The maximum atomic E-state index is 13.5. The highest BCUT2D eigenvalue weighted by Gasteiger charge is 2.57. The van der Waals surface area contributed by atoms with Crippen LogP contribution in [0.15, 0.2) is 150 Å². The molecule has 3 spiro atoms. The van der Waals surface area contributed by atoms with Gasteiger partial charge < -0.3 is 28.3 Å². The second-order valence-corrected chi connectivity index (χ2v) is 36.3. The van der Waals surface area contributed by atoms with Gasteiger partial charge in [-0.3, -0.25) is 28.8 Å². The SMILES string of the molecule is COC(=O)C1CC2(CC(CC(=O)c3ccc(Br)c4ccn(Cc5ccc(C(C)(C)C)cc5)c34)C2)C1.[C-]#[N+]c1ccc(C(=O)CC2CC3(C2)CC(C(=O)O)C3)c2c1ccn2Cc1ccc(C(C)(C)C)cc1.[C-]#[N+]c1ccc(C(=O)CC2CC3(C2)CC(C(=O)OC)C3)c2c1ccn2Cc1ccc(C(C)(C)C)cc1. The van der Waals surface area contributed by atoms with Crippen LogP contribution in [0.1, 0.15) is 223 Å². The number of nitrogens with zero attached hydrogens (tertiary/aromatic N) is 5. The summed E-state index contributed by atoms with van der Waals surface area (Å²) in [6.45, 7) is 37.1. The van der Waals surface area contributed by atoms with E-state index in [2.05, 4.69) is 187 Å². The molecule has 3 aromatic heterocycles. The van der Waals surface area contributed by atoms with Crippen LogP contribution in [0, 0.1) is 64.9 Å². The zero-order valence-electron chi connectivity index (χ0n) is 63.4. The maximum absolute atomic E-state index is 13.5. The smallest absolute Gasteiger partial charge is 0.308 e. The summed E-state index contributed by atoms with van der Waals surface area (Å²) in [4.78, 5) is 82.4. The Kier molecular flexibility index (Phi) is 20.7. The van der Waals surface area contributed by atoms with Gasteiger partial charge in [0.25, 0.3) is 0 Å². The van der Waals surface area contributed by atoms with Gasteiger partial charge in [-0.15, -0.1) is 0 Å². The summed E-state index contributed by atoms with van der Waals surface area (Å²) in [5, 5.41) is 11.9. The first-order chi connectivity index (χ1) is 50.3. The highest BCUT2D eigenvalue weighted by Crippen LogP contribution is 2.64. The Morgan fingerprint density at radius 2 is 0.698 bits per heavy atom. The molecule has 6 fully saturated rings. The largest absolute Gasteiger partial charge is 0.481 e. The Hall–Kier alpha value is -9.18. The summed E-state index contributed by atoms with van der Waals surface area (Å²) >= 11 is 3.68. The topological polar surface area (TPSA) is 165 Å². The van der Waals surface area contributed by atoms with E-state index >= 15 is 0 Å². The van der Waals surface area contributed by atoms with Gasteiger partial charge in [-0.1, -0.05) is 175 Å². The number of aromatic nitrogens is 3. The van der Waals surface area contributed by atoms with E-state index in [-0.39, 0.29) is 79.5 Å². The summed E-state index contributed by atoms with van der Waals surface area (Å²) in [5.41, 5.74) is 14.5. The first-order valence-corrected chi connectivity index (χ1v) is 38.6. The van der Waals surface area contributed by atoms with E-state index in [0.717, 1.165) is 137 Å². The van der Waals surface area contributed by atoms with Crippen molar-refractivity contribution in [1.29, 1.82) is 0 Å². The first kappa shape index (κ1) is 75.1. The number of fused-ring (bicyclic) bond motifs is 3. The lowest BCUT2D eigenvalue weighted by molar-refractivity contribution is -0.162. The summed E-state index contributed by atoms with van der Waals surface area (Å²) in [6, 6.07) is 43.2. The number of aliphatic carboxylic acids is 1. The van der Waals surface area contributed by atoms with Crippen LogP contribution in [0.5, 0.6) is 0 Å². The van der Waals surface area contributed by atoms with E-state index in [1.54, 1.807) is 12.1 Å². The van der Waals surface area contributed by atoms with Crippen molar-refractivity contribution in [2.75, 3.05) is 14.2 Å². The molecular formula is C91H100BrN5O9. The number of carbonyl (C=O) groups is 6. The monoisotopic (exact) mass is 1490 g/mol. The third kappa shape index (κ3) is 15.4. The van der Waals surface area contributed by atoms with Gasteiger partial charge in [0.1, 0.15) is 0 Å². The van der Waals surface area contributed by atoms with Gasteiger partial charge in [-0.25, -0.2) is 9.69 Å². The van der Waals surface area contributed by atoms with Crippen LogP contribution in [-0.4, -0.2) is 68.3 Å². The average Bonchev–Trinajstić information content (AvgIpc) is 1.12. The number of hydrogen-bond donors (Lipinski definition) is 1. The number of carboxylic acids is 1. The minimum Gasteiger partial charge on any atom is -0.481 e. The molecule has 6 aliphatic carbocycles. The molecule has 0 radical (unpaired) electrons. The summed E-state index contributed by atoms with van der Waals surface area (Å²) in [6.07, 6.45) is 18.8. The number of ether oxygens (including phenoxy) is 2. The van der Waals surface area contributed by atoms with Crippen molar-refractivity contribution in [2.24, 2.45) is 51.8 Å². The molecule has 6 saturated carbocycles. The second kappa shape index (κ2) is 29.2. The quantitative estimate of drug-likeness (QED) is 0.0500. The first-order valence-electron chi connectivity index (χ1n) is 37.8. The summed E-state index contributed by atoms with van der Waals surface area (Å²) in [5.74, 6) is 0.587. The molecule has 0 unspecified atom stereocenters. The average molecular weight is 1490 g/mol. The highest BCUT2D eigenvalue weighted by atomic mass is 79.9. The van der Waals surface area contributed by atoms with Crippen molar-refractivity contribution in [3.05, 3.63) is 223 Å². The van der Waals surface area contributed by atoms with Crippen LogP contribution in [0.2, 0.25) is 0 Å². The fourth-order valence-corrected chi connectivity index (χ4v) is 19.4. The van der Waals surface area contributed by atoms with Gasteiger partial charge in [0.05, 0.1) is 50.6 Å². The van der Waals surface area contributed by atoms with Crippen molar-refractivity contribution >= 4 is 95.3 Å². The fraction of sp³-hybridized carbons (Fsp3) is 0.451. The minimum atomic E-state index is -0.689. The number of halogens is 1. The number of hydrogen-bond acceptors (Lipinski definition) is 8. The standard InChI is InChI=1S/C31H34N2O3.C30H34BrNO3.C30H32N2O3/c1-30(2,3)23-8-6-20(7-9-23)19-33-13-12-24-26(32-4)11-10-25(28(24)33)27(34)14-21-15-31(16-21)17-22(18-31)29(35)36-5;1-29(2,3)22-7-5-19(6-8-22)18-32-12-11-23-25(31)10-9-24(27(23)32)26(33)13-20-14-30(15-20)16-21(17-30)28(34)35-4;1-29(2,3)22-7-5-19(6-8-22)18-32-12-11-23-25(31-4)10-9-24(27(23)32)26(33)13-20-14-30(15-20)16-21(17-30)28(34)35/h6-13,21-22H,14-19H2,1-3,5H3;5-12,20-21H,13-18H2,1-4H3;5-12,20-21H,13-18H2,1-3H3,(H,34,35). The molecule has 106 heavy (non-hydrogen) atoms. The molecule has 0 atom stereocenters. The van der Waals surface area contributed by atoms with Gasteiger partial charge in [-0.05, 0) is 191 Å². The number of ketones is 3. The molecule has 0 bridgehead atoms. The van der Waals surface area contributed by atoms with Crippen LogP contribution in [0.25, 0.3) is 42.4 Å². The minimum absolute atomic E-state index is 0.0354. The third-order valence-corrected chi connectivity index (χ3v) is 25.3. The third-order valence-electron chi connectivity index (χ3n) is 24.6. The number of Topliss-reactive ketones (excluding diaryl/α,β-unsaturated/α-hetero) is 3. The van der Waals surface area contributed by atoms with Gasteiger partial charge in [-0.2, -0.15) is 0 Å². The Morgan fingerprint density at radius 1 is 0.415 bits per heavy atom. The van der Waals surface area contributed by atoms with Crippen LogP contribution >= 0.6 is 15.9 Å². The molecule has 3 heterocycles. The Bertz CT molecular complexity index is 4950. The molecule has 6 aliphatic rings. The van der Waals surface area contributed by atoms with Gasteiger partial charge in [0, 0.05) is 106 Å². The molecular weight excluding hydrogens is 1390 g/mol. The van der Waals surface area contributed by atoms with E-state index in [9.17, 15) is 33.9 Å². The highest BCUT2D eigenvalue weighted by molar-refractivity contribution is 9.10. The Morgan fingerprint density at radius 3 is 0.981 bits per heavy atom. The molecule has 0 aliphatic heterocycles. The van der Waals surface area contributed by atoms with E-state index in [1.165, 1.54) is 36.5 Å². The van der Waals surface area contributed by atoms with Crippen LogP contribution in [0.3, 0.4) is 0 Å². The van der Waals surface area contributed by atoms with E-state index < -0.39 is 5.97 Å². The number of carbonyl (C=O) groups excluding carboxylic acids is 5. The molecule has 550 valence electrons. The number of esters is 2. The Balaban J connectivity index is 0.000000141. The fourth-order valence-electron chi connectivity index (χ4n) is 18.9. The maximum Gasteiger partial charge on any atom is 0.308 e. The van der Waals surface area contributed by atoms with Gasteiger partial charge in [0.2, 0.25) is 0 Å². The zero-order valence-corrected chi connectivity index (χ0v) is 65.0. The molecule has 14 nitrogen and oxygen atoms in total. The molecule has 1 N–H and O–H groups in total. The van der Waals surface area contributed by atoms with Crippen molar-refractivity contribution in [3.8, 4) is 0 Å². The van der Waals surface area contributed by atoms with Gasteiger partial charge >= 0.3 is 17.9 Å². The lowest BCUT2D eigenvalue weighted by Crippen LogP contribution is -2.50. The number of benzene rings is 6. The number of methoxy groups -OCH3 is 2. The summed E-state index contributed by atoms with van der Waals surface area (Å²) < 4.78 is 17.2. The number of carboxylic acid groups (broad SMARTS) is 1. The predicted molar refractivity (Wildman–Crippen MR) is 421 cm³/mol. The lowest BCUT2D eigenvalue weighted by Gasteiger charge is -2.57. The lowest BCUT2D eigenvalue weighted by atomic mass is 9.47. The van der Waals surface area contributed by atoms with E-state index in [4.69, 9.17) is 22.6 Å². The van der Waals surface area contributed by atoms with Crippen LogP contribution in [-0.2, 0) is 59.7 Å². The van der Waals surface area contributed by atoms with Gasteiger partial charge in [0.15, 0.2) is 28.7 Å². The molecule has 15 heteroatoms. The van der Waals surface area contributed by atoms with Crippen molar-refractivity contribution in [3.63, 3.8) is 0 Å². The van der Waals surface area contributed by atoms with E-state index in [1.807, 2.05) is 48.8 Å². The Labute approximate surface area is 632 Å². The van der Waals surface area contributed by atoms with Crippen molar-refractivity contribution in [1.82, 2.24) is 13.7 Å². The van der Waals surface area contributed by atoms with E-state index in [0.29, 0.717) is 72.6 Å². The van der Waals surface area contributed by atoms with Crippen LogP contribution in [0.4, 0.5) is 11.4 Å². The van der Waals surface area contributed by atoms with Crippen LogP contribution < -0.4 is 0 Å². The number of rotatable bonds is 18. The molecule has 0 saturated heterocycles. The zero-order chi connectivity index (χ0) is 75.6. The summed E-state index contributed by atoms with van der Waals surface area (Å²) in [7, 11) is 2.91. The molecule has 15 rings (SSSR count). The molecule has 0 amide bonds. The normalized spacial score (nSPS) is 23.4. The molecule has 9 aromatic rings. The second-order valence-electron chi connectivity index (χ2n) is 35.4. The van der Waals surface area contributed by atoms with Crippen molar-refractivity contribution in [2.45, 2.75) is 195 Å². The predicted octanol–water partition coefficient (Wildman–Crippen LogP) is 21.4. The molecule has 6 aromatic carbocycles. The van der Waals surface area contributed by atoms with Crippen molar-refractivity contribution < 1.29 is 43.3 Å².